The number of nitrogens with one attached hydrogen (secondary N) is 1. The van der Waals surface area contributed by atoms with Crippen molar-refractivity contribution in [2.75, 3.05) is 23.8 Å². The lowest BCUT2D eigenvalue weighted by Crippen LogP contribution is -2.27. The van der Waals surface area contributed by atoms with Gasteiger partial charge in [0.05, 0.1) is 35.8 Å². The Bertz CT molecular complexity index is 1390. The molecule has 1 N–H and O–H groups in total. The number of rotatable bonds is 7. The topological polar surface area (TPSA) is 101 Å². The van der Waals surface area contributed by atoms with Gasteiger partial charge in [0.2, 0.25) is 0 Å². The monoisotopic (exact) mass is 474 g/mol. The molecule has 172 valence electrons. The molecular weight excluding hydrogens is 452 g/mol. The first-order chi connectivity index (χ1) is 16.4. The van der Waals surface area contributed by atoms with Crippen LogP contribution in [0.5, 0.6) is 5.75 Å². The number of aromatic nitrogens is 2. The Labute approximate surface area is 197 Å². The van der Waals surface area contributed by atoms with Crippen LogP contribution in [0.15, 0.2) is 96.2 Å². The maximum Gasteiger partial charge on any atom is 0.264 e. The van der Waals surface area contributed by atoms with Gasteiger partial charge < -0.3 is 10.1 Å². The number of benzene rings is 3. The third-order valence-electron chi connectivity index (χ3n) is 5.14. The minimum absolute atomic E-state index is 0.0491. The Morgan fingerprint density at radius 1 is 0.882 bits per heavy atom. The molecule has 1 heterocycles. The summed E-state index contributed by atoms with van der Waals surface area (Å²) in [6, 6.07) is 22.0. The Morgan fingerprint density at radius 2 is 1.50 bits per heavy atom. The zero-order chi connectivity index (χ0) is 24.1. The fourth-order valence-electron chi connectivity index (χ4n) is 3.29. The lowest BCUT2D eigenvalue weighted by molar-refractivity contribution is 0.102. The number of methoxy groups -OCH3 is 1. The van der Waals surface area contributed by atoms with Crippen LogP contribution < -0.4 is 14.4 Å². The van der Waals surface area contributed by atoms with Crippen LogP contribution in [0, 0.1) is 0 Å². The summed E-state index contributed by atoms with van der Waals surface area (Å²) in [5.41, 5.74) is 2.00. The molecule has 4 aromatic rings. The van der Waals surface area contributed by atoms with Crippen LogP contribution in [-0.2, 0) is 10.0 Å². The molecule has 0 aliphatic heterocycles. The van der Waals surface area contributed by atoms with E-state index in [9.17, 15) is 13.2 Å². The lowest BCUT2D eigenvalue weighted by Gasteiger charge is -2.21. The molecule has 0 aliphatic carbocycles. The van der Waals surface area contributed by atoms with Crippen molar-refractivity contribution in [1.82, 2.24) is 9.97 Å². The number of hydrogen-bond donors (Lipinski definition) is 1. The first kappa shape index (κ1) is 22.9. The summed E-state index contributed by atoms with van der Waals surface area (Å²) in [5, 5.41) is 2.72. The molecule has 0 aliphatic rings. The summed E-state index contributed by atoms with van der Waals surface area (Å²) in [5.74, 6) is 0.579. The van der Waals surface area contributed by atoms with Gasteiger partial charge in [0.25, 0.3) is 15.9 Å². The van der Waals surface area contributed by atoms with E-state index >= 15 is 0 Å². The smallest absolute Gasteiger partial charge is 0.264 e. The van der Waals surface area contributed by atoms with Gasteiger partial charge in [0.15, 0.2) is 5.82 Å². The summed E-state index contributed by atoms with van der Waals surface area (Å²) in [6.07, 6.45) is 3.04. The number of para-hydroxylation sites is 2. The van der Waals surface area contributed by atoms with Crippen molar-refractivity contribution in [2.24, 2.45) is 0 Å². The average Bonchev–Trinajstić information content (AvgIpc) is 2.89. The first-order valence-corrected chi connectivity index (χ1v) is 11.7. The molecule has 3 aromatic carbocycles. The Kier molecular flexibility index (Phi) is 6.55. The molecule has 0 unspecified atom stereocenters. The summed E-state index contributed by atoms with van der Waals surface area (Å²) < 4.78 is 32.6. The zero-order valence-electron chi connectivity index (χ0n) is 18.5. The number of ether oxygens (including phenoxy) is 1. The van der Waals surface area contributed by atoms with Crippen LogP contribution in [0.4, 0.5) is 11.4 Å². The quantitative estimate of drug-likeness (QED) is 0.430. The fourth-order valence-corrected chi connectivity index (χ4v) is 4.49. The molecule has 0 radical (unpaired) electrons. The Morgan fingerprint density at radius 3 is 2.15 bits per heavy atom. The van der Waals surface area contributed by atoms with Crippen molar-refractivity contribution in [3.63, 3.8) is 0 Å². The minimum Gasteiger partial charge on any atom is -0.495 e. The van der Waals surface area contributed by atoms with Crippen LogP contribution in [0.3, 0.4) is 0 Å². The summed E-state index contributed by atoms with van der Waals surface area (Å²) in [4.78, 5) is 21.2. The van der Waals surface area contributed by atoms with Crippen molar-refractivity contribution in [1.29, 1.82) is 0 Å². The van der Waals surface area contributed by atoms with E-state index < -0.39 is 15.9 Å². The third-order valence-corrected chi connectivity index (χ3v) is 6.93. The predicted octanol–water partition coefficient (Wildman–Crippen LogP) is 4.23. The molecule has 0 spiro atoms. The van der Waals surface area contributed by atoms with Crippen molar-refractivity contribution in [3.05, 3.63) is 96.8 Å². The van der Waals surface area contributed by atoms with E-state index in [1.165, 1.54) is 50.8 Å². The third kappa shape index (κ3) is 4.74. The minimum atomic E-state index is -3.86. The standard InChI is InChI=1S/C25H22N4O4S/c1-29(22-10-6-7-11-23(22)33-2)34(31,32)21-14-12-19(13-15-21)25(30)28-20-16-26-24(27-17-20)18-8-4-3-5-9-18/h3-17H,1-2H3,(H,28,30). The zero-order valence-corrected chi connectivity index (χ0v) is 19.4. The van der Waals surface area contributed by atoms with Crippen LogP contribution in [0.25, 0.3) is 11.4 Å². The molecule has 4 rings (SSSR count). The Balaban J connectivity index is 1.48. The van der Waals surface area contributed by atoms with Crippen LogP contribution >= 0.6 is 0 Å². The van der Waals surface area contributed by atoms with Crippen molar-refractivity contribution >= 4 is 27.3 Å². The summed E-state index contributed by atoms with van der Waals surface area (Å²) >= 11 is 0. The number of sulfonamides is 1. The van der Waals surface area contributed by atoms with Crippen molar-refractivity contribution < 1.29 is 17.9 Å². The second kappa shape index (κ2) is 9.72. The average molecular weight is 475 g/mol. The van der Waals surface area contributed by atoms with E-state index in [4.69, 9.17) is 4.74 Å². The molecule has 34 heavy (non-hydrogen) atoms. The highest BCUT2D eigenvalue weighted by Crippen LogP contribution is 2.31. The lowest BCUT2D eigenvalue weighted by atomic mass is 10.2. The number of anilines is 2. The molecule has 0 saturated carbocycles. The van der Waals surface area contributed by atoms with Gasteiger partial charge in [-0.1, -0.05) is 42.5 Å². The van der Waals surface area contributed by atoms with Gasteiger partial charge >= 0.3 is 0 Å². The summed E-state index contributed by atoms with van der Waals surface area (Å²) in [6.45, 7) is 0. The van der Waals surface area contributed by atoms with Gasteiger partial charge in [0, 0.05) is 18.2 Å². The molecule has 0 atom stereocenters. The normalized spacial score (nSPS) is 11.0. The molecule has 0 saturated heterocycles. The van der Waals surface area contributed by atoms with Crippen LogP contribution in [0.1, 0.15) is 10.4 Å². The highest BCUT2D eigenvalue weighted by Gasteiger charge is 2.24. The predicted molar refractivity (Wildman–Crippen MR) is 130 cm³/mol. The number of carbonyl (C=O) groups is 1. The molecule has 8 nitrogen and oxygen atoms in total. The maximum atomic E-state index is 13.1. The molecule has 9 heteroatoms. The molecule has 1 aromatic heterocycles. The van der Waals surface area contributed by atoms with E-state index in [0.29, 0.717) is 28.5 Å². The molecular formula is C25H22N4O4S. The maximum absolute atomic E-state index is 13.1. The molecule has 1 amide bonds. The largest absolute Gasteiger partial charge is 0.495 e. The SMILES string of the molecule is COc1ccccc1N(C)S(=O)(=O)c1ccc(C(=O)Nc2cnc(-c3ccccc3)nc2)cc1. The van der Waals surface area contributed by atoms with Gasteiger partial charge in [-0.25, -0.2) is 18.4 Å². The van der Waals surface area contributed by atoms with E-state index in [1.807, 2.05) is 30.3 Å². The second-order valence-corrected chi connectivity index (χ2v) is 9.25. The number of carbonyl (C=O) groups excluding carboxylic acids is 1. The van der Waals surface area contributed by atoms with Gasteiger partial charge in [-0.05, 0) is 36.4 Å². The number of nitrogens with zero attached hydrogens (tertiary/aromatic N) is 3. The van der Waals surface area contributed by atoms with E-state index in [-0.39, 0.29) is 4.90 Å². The van der Waals surface area contributed by atoms with Crippen LogP contribution in [0.2, 0.25) is 0 Å². The van der Waals surface area contributed by atoms with E-state index in [0.717, 1.165) is 9.87 Å². The van der Waals surface area contributed by atoms with Gasteiger partial charge in [-0.2, -0.15) is 0 Å². The van der Waals surface area contributed by atoms with Crippen LogP contribution in [-0.4, -0.2) is 38.5 Å². The van der Waals surface area contributed by atoms with E-state index in [2.05, 4.69) is 15.3 Å². The van der Waals surface area contributed by atoms with Gasteiger partial charge in [-0.3, -0.25) is 9.10 Å². The van der Waals surface area contributed by atoms with Gasteiger partial charge in [0.1, 0.15) is 5.75 Å². The van der Waals surface area contributed by atoms with Gasteiger partial charge in [-0.15, -0.1) is 0 Å². The summed E-state index contributed by atoms with van der Waals surface area (Å²) in [7, 11) is -0.925. The number of amides is 1. The highest BCUT2D eigenvalue weighted by molar-refractivity contribution is 7.92. The van der Waals surface area contributed by atoms with Crippen molar-refractivity contribution in [2.45, 2.75) is 4.90 Å². The fraction of sp³-hybridized carbons (Fsp3) is 0.0800. The first-order valence-electron chi connectivity index (χ1n) is 10.3. The molecule has 0 bridgehead atoms. The van der Waals surface area contributed by atoms with Crippen molar-refractivity contribution in [3.8, 4) is 17.1 Å². The number of hydrogen-bond acceptors (Lipinski definition) is 6. The molecule has 0 fully saturated rings. The Hall–Kier alpha value is -4.24. The van der Waals surface area contributed by atoms with E-state index in [1.54, 1.807) is 24.3 Å². The highest BCUT2D eigenvalue weighted by atomic mass is 32.2. The second-order valence-electron chi connectivity index (χ2n) is 7.28.